The van der Waals surface area contributed by atoms with Gasteiger partial charge in [0.25, 0.3) is 0 Å². The molecule has 2 aromatic heterocycles. The van der Waals surface area contributed by atoms with Crippen molar-refractivity contribution in [2.24, 2.45) is 5.41 Å². The van der Waals surface area contributed by atoms with Crippen LogP contribution in [0.1, 0.15) is 22.4 Å². The molecule has 1 N–H and O–H groups in total. The number of fused-ring (bicyclic) bond motifs is 1. The van der Waals surface area contributed by atoms with Crippen molar-refractivity contribution in [1.29, 1.82) is 0 Å². The van der Waals surface area contributed by atoms with Crippen LogP contribution in [0.2, 0.25) is 0 Å². The molecule has 1 fully saturated rings. The predicted octanol–water partition coefficient (Wildman–Crippen LogP) is 3.88. The first kappa shape index (κ1) is 17.4. The minimum Gasteiger partial charge on any atom is -0.396 e. The van der Waals surface area contributed by atoms with Crippen LogP contribution in [0, 0.1) is 25.1 Å². The minimum absolute atomic E-state index is 0.108. The molecule has 4 rings (SSSR count). The Bertz CT molecular complexity index is 940. The molecule has 1 aliphatic heterocycles. The maximum atomic E-state index is 13.2. The highest BCUT2D eigenvalue weighted by Crippen LogP contribution is 2.40. The van der Waals surface area contributed by atoms with Gasteiger partial charge < -0.3 is 10.0 Å². The van der Waals surface area contributed by atoms with Gasteiger partial charge in [0, 0.05) is 23.4 Å². The van der Waals surface area contributed by atoms with Gasteiger partial charge in [-0.1, -0.05) is 12.1 Å². The number of rotatable bonds is 4. The lowest BCUT2D eigenvalue weighted by atomic mass is 9.81. The van der Waals surface area contributed by atoms with Crippen molar-refractivity contribution in [2.45, 2.75) is 26.7 Å². The van der Waals surface area contributed by atoms with Gasteiger partial charge in [0.15, 0.2) is 0 Å². The van der Waals surface area contributed by atoms with Gasteiger partial charge in [0.05, 0.1) is 12.0 Å². The highest BCUT2D eigenvalue weighted by atomic mass is 32.1. The first-order valence-corrected chi connectivity index (χ1v) is 9.64. The van der Waals surface area contributed by atoms with Crippen molar-refractivity contribution >= 4 is 27.4 Å². The molecule has 136 valence electrons. The van der Waals surface area contributed by atoms with E-state index in [-0.39, 0.29) is 17.8 Å². The molecule has 0 bridgehead atoms. The monoisotopic (exact) mass is 371 g/mol. The zero-order chi connectivity index (χ0) is 18.3. The fourth-order valence-corrected chi connectivity index (χ4v) is 4.88. The maximum Gasteiger partial charge on any atom is 0.141 e. The molecule has 1 atom stereocenters. The Balaban J connectivity index is 1.64. The van der Waals surface area contributed by atoms with E-state index in [0.29, 0.717) is 0 Å². The lowest BCUT2D eigenvalue weighted by Crippen LogP contribution is -2.33. The lowest BCUT2D eigenvalue weighted by molar-refractivity contribution is 0.144. The van der Waals surface area contributed by atoms with Crippen molar-refractivity contribution in [2.75, 3.05) is 24.6 Å². The Kier molecular flexibility index (Phi) is 4.40. The lowest BCUT2D eigenvalue weighted by Gasteiger charge is -2.28. The molecule has 0 amide bonds. The van der Waals surface area contributed by atoms with E-state index in [1.807, 2.05) is 12.1 Å². The number of aryl methyl sites for hydroxylation is 2. The number of aromatic nitrogens is 2. The summed E-state index contributed by atoms with van der Waals surface area (Å²) >= 11 is 1.70. The fraction of sp³-hybridized carbons (Fsp3) is 0.400. The standard InChI is InChI=1S/C20H22FN3OS/c1-13-14(2)26-19-17(13)18(22-12-23-19)24-8-7-20(10-24,11-25)9-15-3-5-16(21)6-4-15/h3-6,12,25H,7-11H2,1-2H3. The first-order chi connectivity index (χ1) is 12.5. The van der Waals surface area contributed by atoms with Crippen molar-refractivity contribution < 1.29 is 9.50 Å². The number of benzene rings is 1. The third-order valence-corrected chi connectivity index (χ3v) is 6.63. The number of aliphatic hydroxyl groups excluding tert-OH is 1. The van der Waals surface area contributed by atoms with Crippen LogP contribution >= 0.6 is 11.3 Å². The van der Waals surface area contributed by atoms with E-state index in [1.54, 1.807) is 17.7 Å². The molecule has 3 heterocycles. The summed E-state index contributed by atoms with van der Waals surface area (Å²) in [5.74, 6) is 0.734. The summed E-state index contributed by atoms with van der Waals surface area (Å²) in [6.45, 7) is 5.93. The number of anilines is 1. The summed E-state index contributed by atoms with van der Waals surface area (Å²) < 4.78 is 13.2. The van der Waals surface area contributed by atoms with Gasteiger partial charge in [-0.3, -0.25) is 0 Å². The highest BCUT2D eigenvalue weighted by molar-refractivity contribution is 7.18. The molecule has 1 aromatic carbocycles. The Labute approximate surface area is 156 Å². The van der Waals surface area contributed by atoms with Gasteiger partial charge in [-0.15, -0.1) is 11.3 Å². The van der Waals surface area contributed by atoms with E-state index in [2.05, 4.69) is 28.7 Å². The van der Waals surface area contributed by atoms with Crippen molar-refractivity contribution in [3.8, 4) is 0 Å². The molecule has 1 saturated heterocycles. The second kappa shape index (κ2) is 6.59. The number of hydrogen-bond donors (Lipinski definition) is 1. The second-order valence-corrected chi connectivity index (χ2v) is 8.50. The zero-order valence-electron chi connectivity index (χ0n) is 15.0. The van der Waals surface area contributed by atoms with Crippen LogP contribution in [0.5, 0.6) is 0 Å². The van der Waals surface area contributed by atoms with Gasteiger partial charge in [-0.2, -0.15) is 0 Å². The number of halogens is 1. The van der Waals surface area contributed by atoms with E-state index in [0.717, 1.165) is 47.5 Å². The molecule has 1 aliphatic rings. The van der Waals surface area contributed by atoms with Crippen LogP contribution in [-0.4, -0.2) is 34.8 Å². The third-order valence-electron chi connectivity index (χ3n) is 5.51. The Morgan fingerprint density at radius 2 is 2.00 bits per heavy atom. The van der Waals surface area contributed by atoms with E-state index < -0.39 is 0 Å². The Morgan fingerprint density at radius 1 is 1.23 bits per heavy atom. The third kappa shape index (κ3) is 2.97. The van der Waals surface area contributed by atoms with Crippen LogP contribution in [0.4, 0.5) is 10.2 Å². The average Bonchev–Trinajstić information content (AvgIpc) is 3.19. The normalized spacial score (nSPS) is 20.2. The van der Waals surface area contributed by atoms with Crippen LogP contribution in [0.15, 0.2) is 30.6 Å². The van der Waals surface area contributed by atoms with Crippen LogP contribution in [0.3, 0.4) is 0 Å². The Hall–Kier alpha value is -2.05. The zero-order valence-corrected chi connectivity index (χ0v) is 15.8. The summed E-state index contributed by atoms with van der Waals surface area (Å²) in [6.07, 6.45) is 3.25. The minimum atomic E-state index is -0.230. The molecular formula is C20H22FN3OS. The van der Waals surface area contributed by atoms with Crippen LogP contribution in [0.25, 0.3) is 10.2 Å². The van der Waals surface area contributed by atoms with Gasteiger partial charge >= 0.3 is 0 Å². The Morgan fingerprint density at radius 3 is 2.73 bits per heavy atom. The number of hydrogen-bond acceptors (Lipinski definition) is 5. The number of nitrogens with zero attached hydrogens (tertiary/aromatic N) is 3. The molecule has 26 heavy (non-hydrogen) atoms. The van der Waals surface area contributed by atoms with Crippen molar-refractivity contribution in [3.63, 3.8) is 0 Å². The van der Waals surface area contributed by atoms with Crippen LogP contribution < -0.4 is 4.90 Å². The second-order valence-electron chi connectivity index (χ2n) is 7.29. The molecule has 0 radical (unpaired) electrons. The van der Waals surface area contributed by atoms with E-state index in [4.69, 9.17) is 0 Å². The number of thiophene rings is 1. The molecule has 0 saturated carbocycles. The summed E-state index contributed by atoms with van der Waals surface area (Å²) in [7, 11) is 0. The van der Waals surface area contributed by atoms with Crippen LogP contribution in [-0.2, 0) is 6.42 Å². The van der Waals surface area contributed by atoms with Gasteiger partial charge in [0.2, 0.25) is 0 Å². The summed E-state index contributed by atoms with van der Waals surface area (Å²) in [4.78, 5) is 13.5. The van der Waals surface area contributed by atoms with Gasteiger partial charge in [-0.25, -0.2) is 14.4 Å². The topological polar surface area (TPSA) is 49.2 Å². The molecule has 3 aromatic rings. The summed E-state index contributed by atoms with van der Waals surface area (Å²) in [5, 5.41) is 11.3. The number of aliphatic hydroxyl groups is 1. The predicted molar refractivity (Wildman–Crippen MR) is 103 cm³/mol. The van der Waals surface area contributed by atoms with E-state index >= 15 is 0 Å². The fourth-order valence-electron chi connectivity index (χ4n) is 3.88. The van der Waals surface area contributed by atoms with E-state index in [9.17, 15) is 9.50 Å². The maximum absolute atomic E-state index is 13.2. The molecule has 0 spiro atoms. The van der Waals surface area contributed by atoms with Crippen molar-refractivity contribution in [3.05, 3.63) is 52.4 Å². The molecule has 6 heteroatoms. The highest BCUT2D eigenvalue weighted by Gasteiger charge is 2.39. The molecule has 1 unspecified atom stereocenters. The smallest absolute Gasteiger partial charge is 0.141 e. The average molecular weight is 371 g/mol. The first-order valence-electron chi connectivity index (χ1n) is 8.82. The van der Waals surface area contributed by atoms with E-state index in [1.165, 1.54) is 22.6 Å². The van der Waals surface area contributed by atoms with Gasteiger partial charge in [-0.05, 0) is 49.9 Å². The largest absolute Gasteiger partial charge is 0.396 e. The SMILES string of the molecule is Cc1sc2ncnc(N3CCC(CO)(Cc4ccc(F)cc4)C3)c2c1C. The molecule has 0 aliphatic carbocycles. The van der Waals surface area contributed by atoms with Crippen molar-refractivity contribution in [1.82, 2.24) is 9.97 Å². The molecule has 4 nitrogen and oxygen atoms in total. The molecular weight excluding hydrogens is 349 g/mol. The summed E-state index contributed by atoms with van der Waals surface area (Å²) in [6, 6.07) is 6.59. The van der Waals surface area contributed by atoms with Gasteiger partial charge in [0.1, 0.15) is 22.8 Å². The quantitative estimate of drug-likeness (QED) is 0.756. The summed E-state index contributed by atoms with van der Waals surface area (Å²) in [5.41, 5.74) is 2.06.